The van der Waals surface area contributed by atoms with Crippen LogP contribution in [-0.4, -0.2) is 17.8 Å². The number of halogens is 1. The summed E-state index contributed by atoms with van der Waals surface area (Å²) in [6.45, 7) is 8.04. The Morgan fingerprint density at radius 3 is 2.09 bits per heavy atom. The van der Waals surface area contributed by atoms with Gasteiger partial charge in [0.2, 0.25) is 0 Å². The third-order valence-electron chi connectivity index (χ3n) is 5.55. The molecule has 172 valence electrons. The van der Waals surface area contributed by atoms with Crippen LogP contribution < -0.4 is 5.44 Å². The Labute approximate surface area is 194 Å². The molecule has 0 aliphatic carbocycles. The van der Waals surface area contributed by atoms with Gasteiger partial charge in [0.1, 0.15) is 11.3 Å². The summed E-state index contributed by atoms with van der Waals surface area (Å²) >= 11 is 0. The van der Waals surface area contributed by atoms with Gasteiger partial charge in [-0.1, -0.05) is 36.4 Å². The van der Waals surface area contributed by atoms with Crippen molar-refractivity contribution in [2.75, 3.05) is 13.2 Å². The average Bonchev–Trinajstić information content (AvgIpc) is 3.08. The summed E-state index contributed by atoms with van der Waals surface area (Å²) in [4.78, 5) is 0. The lowest BCUT2D eigenvalue weighted by atomic mass is 10.1. The third kappa shape index (κ3) is 4.67. The maximum Gasteiger partial charge on any atom is 0.378 e. The molecule has 0 amide bonds. The van der Waals surface area contributed by atoms with Gasteiger partial charge in [-0.3, -0.25) is 4.57 Å². The van der Waals surface area contributed by atoms with Gasteiger partial charge < -0.3 is 13.6 Å². The van der Waals surface area contributed by atoms with Crippen molar-refractivity contribution in [3.05, 3.63) is 94.9 Å². The van der Waals surface area contributed by atoms with Gasteiger partial charge in [-0.15, -0.1) is 0 Å². The lowest BCUT2D eigenvalue weighted by molar-refractivity contribution is 0.229. The van der Waals surface area contributed by atoms with E-state index in [1.807, 2.05) is 48.7 Å². The molecule has 4 rings (SSSR count). The number of hydrogen-bond donors (Lipinski definition) is 0. The normalized spacial score (nSPS) is 11.9. The van der Waals surface area contributed by atoms with Crippen LogP contribution in [-0.2, 0) is 20.0 Å². The van der Waals surface area contributed by atoms with Crippen molar-refractivity contribution >= 4 is 23.8 Å². The Morgan fingerprint density at radius 1 is 0.848 bits per heavy atom. The Bertz CT molecular complexity index is 1300. The molecule has 0 aliphatic rings. The molecule has 0 spiro atoms. The standard InChI is InChI=1S/C27H29FNO3P/c1-5-31-33(30,32-6-2)27-25-18-22(28)12-13-24(25)26(17-21-10-8-7-9-11-21)29(27)23-15-19(3)14-20(4)16-23/h7-16,18H,5-6,17H2,1-4H3. The number of rotatable bonds is 8. The molecule has 1 heterocycles. The molecule has 4 nitrogen and oxygen atoms in total. The van der Waals surface area contributed by atoms with Crippen LogP contribution in [0.4, 0.5) is 4.39 Å². The van der Waals surface area contributed by atoms with Crippen LogP contribution >= 0.6 is 7.60 Å². The summed E-state index contributed by atoms with van der Waals surface area (Å²) in [5.41, 5.74) is 5.39. The first-order valence-corrected chi connectivity index (χ1v) is 12.8. The van der Waals surface area contributed by atoms with E-state index in [2.05, 4.69) is 18.2 Å². The van der Waals surface area contributed by atoms with E-state index in [1.165, 1.54) is 12.1 Å². The van der Waals surface area contributed by atoms with E-state index >= 15 is 0 Å². The molecule has 4 aromatic rings. The van der Waals surface area contributed by atoms with Gasteiger partial charge in [0.15, 0.2) is 0 Å². The van der Waals surface area contributed by atoms with Crippen molar-refractivity contribution in [1.29, 1.82) is 0 Å². The predicted octanol–water partition coefficient (Wildman–Crippen LogP) is 6.87. The summed E-state index contributed by atoms with van der Waals surface area (Å²) in [5.74, 6) is -0.396. The van der Waals surface area contributed by atoms with Crippen LogP contribution in [0.2, 0.25) is 0 Å². The molecule has 0 atom stereocenters. The zero-order valence-corrected chi connectivity index (χ0v) is 20.4. The Morgan fingerprint density at radius 2 is 1.48 bits per heavy atom. The fraction of sp³-hybridized carbons (Fsp3) is 0.259. The van der Waals surface area contributed by atoms with Crippen LogP contribution in [0.25, 0.3) is 16.5 Å². The zero-order chi connectivity index (χ0) is 23.6. The van der Waals surface area contributed by atoms with Gasteiger partial charge in [-0.25, -0.2) is 4.39 Å². The SMILES string of the molecule is CCOP(=O)(OCC)c1c2cc(F)ccc2c(Cc2ccccc2)n1-c1cc(C)cc(C)c1. The second-order valence-corrected chi connectivity index (χ2v) is 10.1. The number of hydrogen-bond acceptors (Lipinski definition) is 3. The van der Waals surface area contributed by atoms with Crippen molar-refractivity contribution in [2.45, 2.75) is 34.1 Å². The molecule has 3 aromatic carbocycles. The Hall–Kier alpha value is -2.72. The van der Waals surface area contributed by atoms with Crippen LogP contribution in [0.1, 0.15) is 36.2 Å². The topological polar surface area (TPSA) is 40.5 Å². The van der Waals surface area contributed by atoms with Crippen molar-refractivity contribution in [3.63, 3.8) is 0 Å². The maximum absolute atomic E-state index is 14.5. The van der Waals surface area contributed by atoms with E-state index in [1.54, 1.807) is 19.9 Å². The maximum atomic E-state index is 14.5. The first-order valence-electron chi connectivity index (χ1n) is 11.2. The summed E-state index contributed by atoms with van der Waals surface area (Å²) in [7, 11) is -3.76. The van der Waals surface area contributed by atoms with Crippen molar-refractivity contribution in [3.8, 4) is 5.69 Å². The van der Waals surface area contributed by atoms with E-state index in [9.17, 15) is 8.96 Å². The van der Waals surface area contributed by atoms with E-state index in [0.29, 0.717) is 17.2 Å². The quantitative estimate of drug-likeness (QED) is 0.267. The number of benzene rings is 3. The highest BCUT2D eigenvalue weighted by atomic mass is 31.2. The molecule has 6 heteroatoms. The number of fused-ring (bicyclic) bond motifs is 1. The number of nitrogens with zero attached hydrogens (tertiary/aromatic N) is 1. The van der Waals surface area contributed by atoms with Gasteiger partial charge in [-0.2, -0.15) is 0 Å². The van der Waals surface area contributed by atoms with Crippen LogP contribution in [0.5, 0.6) is 0 Å². The molecule has 0 N–H and O–H groups in total. The molecule has 33 heavy (non-hydrogen) atoms. The summed E-state index contributed by atoms with van der Waals surface area (Å²) in [6.07, 6.45) is 0.578. The number of aromatic nitrogens is 1. The molecule has 0 saturated heterocycles. The average molecular weight is 466 g/mol. The van der Waals surface area contributed by atoms with E-state index in [-0.39, 0.29) is 13.2 Å². The van der Waals surface area contributed by atoms with Crippen LogP contribution in [0.15, 0.2) is 66.7 Å². The van der Waals surface area contributed by atoms with Crippen molar-refractivity contribution in [1.82, 2.24) is 4.57 Å². The van der Waals surface area contributed by atoms with Crippen molar-refractivity contribution < 1.29 is 18.0 Å². The number of aryl methyl sites for hydroxylation is 2. The van der Waals surface area contributed by atoms with Gasteiger partial charge in [0.05, 0.1) is 13.2 Å². The fourth-order valence-electron chi connectivity index (χ4n) is 4.41. The predicted molar refractivity (Wildman–Crippen MR) is 132 cm³/mol. The highest BCUT2D eigenvalue weighted by molar-refractivity contribution is 7.62. The molecule has 0 unspecified atom stereocenters. The van der Waals surface area contributed by atoms with Gasteiger partial charge in [0, 0.05) is 28.6 Å². The minimum atomic E-state index is -3.76. The third-order valence-corrected chi connectivity index (χ3v) is 7.71. The smallest absolute Gasteiger partial charge is 0.306 e. The molecular weight excluding hydrogens is 436 g/mol. The highest BCUT2D eigenvalue weighted by Gasteiger charge is 2.36. The molecule has 1 aromatic heterocycles. The molecule has 0 radical (unpaired) electrons. The summed E-state index contributed by atoms with van der Waals surface area (Å²) in [6, 6.07) is 20.9. The van der Waals surface area contributed by atoms with E-state index in [0.717, 1.165) is 33.5 Å². The first-order chi connectivity index (χ1) is 15.9. The van der Waals surface area contributed by atoms with E-state index in [4.69, 9.17) is 9.05 Å². The van der Waals surface area contributed by atoms with Gasteiger partial charge in [-0.05, 0) is 74.7 Å². The van der Waals surface area contributed by atoms with Crippen LogP contribution in [0, 0.1) is 19.7 Å². The zero-order valence-electron chi connectivity index (χ0n) is 19.5. The van der Waals surface area contributed by atoms with Crippen molar-refractivity contribution in [2.24, 2.45) is 0 Å². The summed E-state index contributed by atoms with van der Waals surface area (Å²) < 4.78 is 42.2. The second-order valence-electron chi connectivity index (χ2n) is 8.14. The minimum Gasteiger partial charge on any atom is -0.306 e. The largest absolute Gasteiger partial charge is 0.378 e. The monoisotopic (exact) mass is 465 g/mol. The molecule has 0 aliphatic heterocycles. The molecular formula is C27H29FNO3P. The highest BCUT2D eigenvalue weighted by Crippen LogP contribution is 2.50. The van der Waals surface area contributed by atoms with Crippen LogP contribution in [0.3, 0.4) is 0 Å². The molecule has 0 fully saturated rings. The molecule has 0 bridgehead atoms. The fourth-order valence-corrected chi connectivity index (χ4v) is 6.37. The second kappa shape index (κ2) is 9.64. The summed E-state index contributed by atoms with van der Waals surface area (Å²) in [5, 5.41) is 1.37. The molecule has 0 saturated carbocycles. The van der Waals surface area contributed by atoms with E-state index < -0.39 is 13.4 Å². The Kier molecular flexibility index (Phi) is 6.85. The lowest BCUT2D eigenvalue weighted by Gasteiger charge is -2.22. The van der Waals surface area contributed by atoms with Gasteiger partial charge in [0.25, 0.3) is 0 Å². The minimum absolute atomic E-state index is 0.208. The Balaban J connectivity index is 2.14. The lowest BCUT2D eigenvalue weighted by Crippen LogP contribution is -2.22. The first kappa shape index (κ1) is 23.4. The van der Waals surface area contributed by atoms with Gasteiger partial charge >= 0.3 is 7.60 Å².